The molecule has 1 saturated heterocycles. The van der Waals surface area contributed by atoms with Gasteiger partial charge < -0.3 is 0 Å². The van der Waals surface area contributed by atoms with Gasteiger partial charge >= 0.3 is 5.69 Å². The maximum Gasteiger partial charge on any atom is 0.307 e. The lowest BCUT2D eigenvalue weighted by Crippen LogP contribution is -2.46. The molecule has 0 aliphatic carbocycles. The van der Waals surface area contributed by atoms with Gasteiger partial charge in [-0.25, -0.2) is 4.39 Å². The Hall–Kier alpha value is -1.50. The highest BCUT2D eigenvalue weighted by Gasteiger charge is 2.33. The molecular weight excluding hydrogens is 251 g/mol. The predicted octanol–water partition coefficient (Wildman–Crippen LogP) is 2.17. The quantitative estimate of drug-likeness (QED) is 0.621. The van der Waals surface area contributed by atoms with Crippen LogP contribution in [0.4, 0.5) is 10.1 Å². The highest BCUT2D eigenvalue weighted by atomic mass is 19.1. The van der Waals surface area contributed by atoms with Crippen molar-refractivity contribution in [2.75, 3.05) is 13.1 Å². The van der Waals surface area contributed by atoms with Crippen LogP contribution in [-0.2, 0) is 0 Å². The van der Waals surface area contributed by atoms with E-state index in [1.807, 2.05) is 0 Å². The van der Waals surface area contributed by atoms with E-state index in [0.29, 0.717) is 19.0 Å². The first-order valence-electron chi connectivity index (χ1n) is 6.59. The number of nitro groups is 1. The summed E-state index contributed by atoms with van der Waals surface area (Å²) in [5, 5.41) is 14.5. The maximum absolute atomic E-state index is 14.2. The van der Waals surface area contributed by atoms with Crippen LogP contribution in [0.1, 0.15) is 32.7 Å². The lowest BCUT2D eigenvalue weighted by atomic mass is 10.0. The van der Waals surface area contributed by atoms with Crippen LogP contribution in [0.15, 0.2) is 12.4 Å². The fourth-order valence-electron chi connectivity index (χ4n) is 2.48. The Labute approximate surface area is 111 Å². The molecule has 1 aromatic heterocycles. The van der Waals surface area contributed by atoms with Crippen molar-refractivity contribution in [3.05, 3.63) is 22.5 Å². The summed E-state index contributed by atoms with van der Waals surface area (Å²) in [7, 11) is 0. The van der Waals surface area contributed by atoms with Crippen LogP contribution in [-0.4, -0.2) is 44.9 Å². The van der Waals surface area contributed by atoms with Crippen molar-refractivity contribution in [3.8, 4) is 0 Å². The van der Waals surface area contributed by atoms with Gasteiger partial charge in [0.2, 0.25) is 0 Å². The van der Waals surface area contributed by atoms with Gasteiger partial charge in [-0.3, -0.25) is 19.7 Å². The second kappa shape index (κ2) is 5.64. The molecule has 6 nitrogen and oxygen atoms in total. The first-order valence-corrected chi connectivity index (χ1v) is 6.59. The van der Waals surface area contributed by atoms with E-state index < -0.39 is 17.1 Å². The van der Waals surface area contributed by atoms with Gasteiger partial charge in [0.15, 0.2) is 0 Å². The van der Waals surface area contributed by atoms with Crippen LogP contribution < -0.4 is 0 Å². The van der Waals surface area contributed by atoms with Crippen molar-refractivity contribution in [1.82, 2.24) is 14.7 Å². The summed E-state index contributed by atoms with van der Waals surface area (Å²) in [5.41, 5.74) is -0.0865. The molecule has 0 spiro atoms. The summed E-state index contributed by atoms with van der Waals surface area (Å²) in [6.07, 6.45) is 3.07. The van der Waals surface area contributed by atoms with Gasteiger partial charge in [-0.05, 0) is 19.8 Å². The number of halogens is 1. The van der Waals surface area contributed by atoms with Crippen LogP contribution in [0.25, 0.3) is 0 Å². The molecule has 19 heavy (non-hydrogen) atoms. The Morgan fingerprint density at radius 3 is 2.95 bits per heavy atom. The van der Waals surface area contributed by atoms with Crippen LogP contribution in [0.2, 0.25) is 0 Å². The van der Waals surface area contributed by atoms with Crippen molar-refractivity contribution < 1.29 is 9.31 Å². The third-order valence-corrected chi connectivity index (χ3v) is 3.89. The zero-order chi connectivity index (χ0) is 14.0. The minimum Gasteiger partial charge on any atom is -0.298 e. The lowest BCUT2D eigenvalue weighted by Gasteiger charge is -2.37. The normalized spacial score (nSPS) is 26.3. The van der Waals surface area contributed by atoms with Crippen molar-refractivity contribution in [1.29, 1.82) is 0 Å². The summed E-state index contributed by atoms with van der Waals surface area (Å²) in [4.78, 5) is 12.2. The molecule has 1 aliphatic heterocycles. The molecule has 0 aromatic carbocycles. The minimum atomic E-state index is -1.04. The summed E-state index contributed by atoms with van der Waals surface area (Å²) in [5.74, 6) is 0. The second-order valence-electron chi connectivity index (χ2n) is 5.06. The molecule has 7 heteroatoms. The fraction of sp³-hybridized carbons (Fsp3) is 0.750. The molecule has 1 fully saturated rings. The van der Waals surface area contributed by atoms with Gasteiger partial charge in [0, 0.05) is 19.1 Å². The molecule has 0 N–H and O–H groups in total. The largest absolute Gasteiger partial charge is 0.307 e. The Morgan fingerprint density at radius 2 is 2.42 bits per heavy atom. The summed E-state index contributed by atoms with van der Waals surface area (Å²) in [6, 6.07) is -0.0276. The van der Waals surface area contributed by atoms with Crippen LogP contribution in [0, 0.1) is 10.1 Å². The Morgan fingerprint density at radius 1 is 1.68 bits per heavy atom. The van der Waals surface area contributed by atoms with E-state index >= 15 is 0 Å². The van der Waals surface area contributed by atoms with Gasteiger partial charge in [-0.15, -0.1) is 0 Å². The number of hydrogen-bond donors (Lipinski definition) is 0. The molecule has 2 rings (SSSR count). The molecule has 0 saturated carbocycles. The van der Waals surface area contributed by atoms with Crippen molar-refractivity contribution >= 4 is 5.69 Å². The molecule has 3 atom stereocenters. The number of rotatable bonds is 4. The fourth-order valence-corrected chi connectivity index (χ4v) is 2.48. The van der Waals surface area contributed by atoms with E-state index in [1.54, 1.807) is 0 Å². The summed E-state index contributed by atoms with van der Waals surface area (Å²) >= 11 is 0. The molecule has 1 aliphatic rings. The number of aromatic nitrogens is 2. The van der Waals surface area contributed by atoms with Crippen molar-refractivity contribution in [3.63, 3.8) is 0 Å². The molecule has 0 amide bonds. The standard InChI is InChI=1S/C12H19FN4O2/c1-3-9(2)15-5-4-12(11(13)8-15)16-7-10(6-14-16)17(18)19/h6-7,9,11-12H,3-5,8H2,1-2H3/t9?,11-,12-/m1/s1. The van der Waals surface area contributed by atoms with E-state index in [2.05, 4.69) is 23.8 Å². The number of nitrogens with zero attached hydrogens (tertiary/aromatic N) is 4. The minimum absolute atomic E-state index is 0.0865. The first-order chi connectivity index (χ1) is 9.02. The smallest absolute Gasteiger partial charge is 0.298 e. The third-order valence-electron chi connectivity index (χ3n) is 3.89. The van der Waals surface area contributed by atoms with Crippen molar-refractivity contribution in [2.45, 2.75) is 44.9 Å². The average Bonchev–Trinajstić information content (AvgIpc) is 2.87. The Kier molecular flexibility index (Phi) is 4.14. The highest BCUT2D eigenvalue weighted by molar-refractivity contribution is 5.21. The molecule has 1 aromatic rings. The van der Waals surface area contributed by atoms with Gasteiger partial charge in [-0.1, -0.05) is 6.92 Å². The van der Waals surface area contributed by atoms with Crippen LogP contribution >= 0.6 is 0 Å². The zero-order valence-corrected chi connectivity index (χ0v) is 11.2. The van der Waals surface area contributed by atoms with Crippen molar-refractivity contribution in [2.24, 2.45) is 0 Å². The molecule has 1 unspecified atom stereocenters. The maximum atomic E-state index is 14.2. The average molecular weight is 270 g/mol. The monoisotopic (exact) mass is 270 g/mol. The number of likely N-dealkylation sites (tertiary alicyclic amines) is 1. The number of alkyl halides is 1. The molecule has 2 heterocycles. The number of piperidine rings is 1. The highest BCUT2D eigenvalue weighted by Crippen LogP contribution is 2.27. The van der Waals surface area contributed by atoms with E-state index in [0.717, 1.165) is 13.0 Å². The van der Waals surface area contributed by atoms with E-state index in [1.165, 1.54) is 17.1 Å². The number of hydrogen-bond acceptors (Lipinski definition) is 4. The van der Waals surface area contributed by atoms with Crippen LogP contribution in [0.3, 0.4) is 0 Å². The van der Waals surface area contributed by atoms with Gasteiger partial charge in [0.1, 0.15) is 18.6 Å². The van der Waals surface area contributed by atoms with E-state index in [9.17, 15) is 14.5 Å². The van der Waals surface area contributed by atoms with Crippen LogP contribution in [0.5, 0.6) is 0 Å². The lowest BCUT2D eigenvalue weighted by molar-refractivity contribution is -0.385. The molecule has 0 radical (unpaired) electrons. The SMILES string of the molecule is CCC(C)N1CC[C@@H](n2cc([N+](=O)[O-])cn2)[C@H](F)C1. The Bertz CT molecular complexity index is 451. The molecular formula is C12H19FN4O2. The predicted molar refractivity (Wildman–Crippen MR) is 68.8 cm³/mol. The first kappa shape index (κ1) is 13.9. The van der Waals surface area contributed by atoms with E-state index in [4.69, 9.17) is 0 Å². The topological polar surface area (TPSA) is 64.2 Å². The zero-order valence-electron chi connectivity index (χ0n) is 11.2. The third kappa shape index (κ3) is 2.91. The summed E-state index contributed by atoms with van der Waals surface area (Å²) in [6.45, 7) is 5.34. The van der Waals surface area contributed by atoms with Gasteiger partial charge in [0.25, 0.3) is 0 Å². The molecule has 106 valence electrons. The Balaban J connectivity index is 2.04. The van der Waals surface area contributed by atoms with E-state index in [-0.39, 0.29) is 5.69 Å². The van der Waals surface area contributed by atoms with Gasteiger partial charge in [0.05, 0.1) is 11.0 Å². The van der Waals surface area contributed by atoms with Gasteiger partial charge in [-0.2, -0.15) is 5.10 Å². The second-order valence-corrected chi connectivity index (χ2v) is 5.06. The molecule has 0 bridgehead atoms. The summed E-state index contributed by atoms with van der Waals surface area (Å²) < 4.78 is 15.6.